The molecule has 0 bridgehead atoms. The maximum atomic E-state index is 4.25. The van der Waals surface area contributed by atoms with Crippen LogP contribution in [0.4, 0.5) is 0 Å². The Bertz CT molecular complexity index is 454. The van der Waals surface area contributed by atoms with Gasteiger partial charge in [-0.15, -0.1) is 0 Å². The number of hydrogen-bond donors (Lipinski definition) is 2. The summed E-state index contributed by atoms with van der Waals surface area (Å²) < 4.78 is 0. The van der Waals surface area contributed by atoms with Gasteiger partial charge in [-0.3, -0.25) is 0 Å². The number of H-pyrrole nitrogens is 1. The van der Waals surface area contributed by atoms with Crippen molar-refractivity contribution in [2.24, 2.45) is 5.41 Å². The summed E-state index contributed by atoms with van der Waals surface area (Å²) in [7, 11) is 0. The van der Waals surface area contributed by atoms with Crippen LogP contribution in [0.25, 0.3) is 0 Å². The van der Waals surface area contributed by atoms with Gasteiger partial charge in [-0.25, -0.2) is 4.98 Å². The first-order valence-corrected chi connectivity index (χ1v) is 6.34. The molecular formula is C15H21N3. The molecule has 0 saturated heterocycles. The van der Waals surface area contributed by atoms with Gasteiger partial charge in [0, 0.05) is 18.4 Å². The number of aromatic nitrogens is 2. The largest absolute Gasteiger partial charge is 0.348 e. The lowest BCUT2D eigenvalue weighted by atomic mass is 9.82. The normalized spacial score (nSPS) is 13.5. The SMILES string of the molecule is CC(C)(C)C(NCc1ncc[nH]1)c1ccccc1. The molecule has 0 aliphatic heterocycles. The van der Waals surface area contributed by atoms with Crippen LogP contribution in [0.5, 0.6) is 0 Å². The first kappa shape index (κ1) is 12.8. The number of imidazole rings is 1. The van der Waals surface area contributed by atoms with Crippen LogP contribution in [0.3, 0.4) is 0 Å². The molecule has 3 nitrogen and oxygen atoms in total. The van der Waals surface area contributed by atoms with Gasteiger partial charge in [-0.1, -0.05) is 51.1 Å². The third-order valence-electron chi connectivity index (χ3n) is 3.03. The zero-order valence-corrected chi connectivity index (χ0v) is 11.3. The van der Waals surface area contributed by atoms with E-state index in [1.54, 1.807) is 6.20 Å². The lowest BCUT2D eigenvalue weighted by Gasteiger charge is -2.32. The average molecular weight is 243 g/mol. The molecule has 1 aromatic carbocycles. The molecule has 1 atom stereocenters. The van der Waals surface area contributed by atoms with E-state index in [1.807, 2.05) is 6.20 Å². The molecule has 0 saturated carbocycles. The van der Waals surface area contributed by atoms with Crippen molar-refractivity contribution < 1.29 is 0 Å². The number of hydrogen-bond acceptors (Lipinski definition) is 2. The van der Waals surface area contributed by atoms with Crippen LogP contribution in [0.2, 0.25) is 0 Å². The highest BCUT2D eigenvalue weighted by Crippen LogP contribution is 2.32. The molecule has 0 aliphatic carbocycles. The van der Waals surface area contributed by atoms with Gasteiger partial charge in [-0.05, 0) is 11.0 Å². The second-order valence-electron chi connectivity index (χ2n) is 5.63. The summed E-state index contributed by atoms with van der Waals surface area (Å²) >= 11 is 0. The van der Waals surface area contributed by atoms with Crippen LogP contribution in [-0.4, -0.2) is 9.97 Å². The van der Waals surface area contributed by atoms with Gasteiger partial charge >= 0.3 is 0 Å². The Morgan fingerprint density at radius 3 is 2.50 bits per heavy atom. The zero-order valence-electron chi connectivity index (χ0n) is 11.3. The monoisotopic (exact) mass is 243 g/mol. The summed E-state index contributed by atoms with van der Waals surface area (Å²) in [6, 6.07) is 10.9. The highest BCUT2D eigenvalue weighted by atomic mass is 15.0. The Hall–Kier alpha value is -1.61. The van der Waals surface area contributed by atoms with E-state index >= 15 is 0 Å². The highest BCUT2D eigenvalue weighted by molar-refractivity contribution is 5.20. The van der Waals surface area contributed by atoms with Gasteiger partial charge in [-0.2, -0.15) is 0 Å². The number of rotatable bonds is 4. The number of nitrogens with one attached hydrogen (secondary N) is 2. The van der Waals surface area contributed by atoms with E-state index in [-0.39, 0.29) is 5.41 Å². The van der Waals surface area contributed by atoms with Gasteiger partial charge in [0.1, 0.15) is 5.82 Å². The number of benzene rings is 1. The molecule has 1 unspecified atom stereocenters. The van der Waals surface area contributed by atoms with Gasteiger partial charge in [0.2, 0.25) is 0 Å². The molecule has 0 amide bonds. The minimum atomic E-state index is 0.161. The Labute approximate surface area is 109 Å². The second kappa shape index (κ2) is 5.36. The molecule has 3 heteroatoms. The van der Waals surface area contributed by atoms with E-state index in [4.69, 9.17) is 0 Å². The van der Waals surface area contributed by atoms with Crippen LogP contribution in [0.15, 0.2) is 42.7 Å². The molecule has 18 heavy (non-hydrogen) atoms. The predicted molar refractivity (Wildman–Crippen MR) is 74.1 cm³/mol. The van der Waals surface area contributed by atoms with Crippen molar-refractivity contribution >= 4 is 0 Å². The highest BCUT2D eigenvalue weighted by Gasteiger charge is 2.25. The summed E-state index contributed by atoms with van der Waals surface area (Å²) in [5.74, 6) is 0.972. The summed E-state index contributed by atoms with van der Waals surface area (Å²) in [6.07, 6.45) is 3.64. The molecule has 0 fully saturated rings. The van der Waals surface area contributed by atoms with E-state index in [0.717, 1.165) is 12.4 Å². The van der Waals surface area contributed by atoms with E-state index in [0.29, 0.717) is 6.04 Å². The molecule has 1 aromatic heterocycles. The molecule has 2 aromatic rings. The first-order valence-electron chi connectivity index (χ1n) is 6.34. The van der Waals surface area contributed by atoms with Crippen molar-refractivity contribution in [2.75, 3.05) is 0 Å². The Kier molecular flexibility index (Phi) is 3.82. The van der Waals surface area contributed by atoms with Crippen molar-refractivity contribution in [1.29, 1.82) is 0 Å². The summed E-state index contributed by atoms with van der Waals surface area (Å²) in [5.41, 5.74) is 1.48. The summed E-state index contributed by atoms with van der Waals surface area (Å²) in [6.45, 7) is 7.50. The molecule has 0 radical (unpaired) electrons. The fraction of sp³-hybridized carbons (Fsp3) is 0.400. The quantitative estimate of drug-likeness (QED) is 0.865. The molecular weight excluding hydrogens is 222 g/mol. The lowest BCUT2D eigenvalue weighted by Crippen LogP contribution is -2.32. The maximum absolute atomic E-state index is 4.25. The van der Waals surface area contributed by atoms with Crippen molar-refractivity contribution in [3.63, 3.8) is 0 Å². The fourth-order valence-electron chi connectivity index (χ4n) is 2.16. The predicted octanol–water partition coefficient (Wildman–Crippen LogP) is 3.29. The second-order valence-corrected chi connectivity index (χ2v) is 5.63. The summed E-state index contributed by atoms with van der Waals surface area (Å²) in [5, 5.41) is 3.58. The molecule has 0 aliphatic rings. The molecule has 0 spiro atoms. The molecule has 2 N–H and O–H groups in total. The van der Waals surface area contributed by atoms with Crippen LogP contribution in [-0.2, 0) is 6.54 Å². The van der Waals surface area contributed by atoms with Crippen molar-refractivity contribution in [3.8, 4) is 0 Å². The maximum Gasteiger partial charge on any atom is 0.120 e. The third-order valence-corrected chi connectivity index (χ3v) is 3.03. The topological polar surface area (TPSA) is 40.7 Å². The lowest BCUT2D eigenvalue weighted by molar-refractivity contribution is 0.269. The molecule has 96 valence electrons. The van der Waals surface area contributed by atoms with E-state index < -0.39 is 0 Å². The molecule has 2 rings (SSSR count). The third kappa shape index (κ3) is 3.20. The summed E-state index contributed by atoms with van der Waals surface area (Å²) in [4.78, 5) is 7.37. The molecule has 1 heterocycles. The Morgan fingerprint density at radius 2 is 1.94 bits per heavy atom. The fourth-order valence-corrected chi connectivity index (χ4v) is 2.16. The van der Waals surface area contributed by atoms with Crippen LogP contribution in [0, 0.1) is 5.41 Å². The van der Waals surface area contributed by atoms with Crippen molar-refractivity contribution in [2.45, 2.75) is 33.4 Å². The Morgan fingerprint density at radius 1 is 1.22 bits per heavy atom. The Balaban J connectivity index is 2.12. The van der Waals surface area contributed by atoms with E-state index in [1.165, 1.54) is 5.56 Å². The van der Waals surface area contributed by atoms with E-state index in [9.17, 15) is 0 Å². The zero-order chi connectivity index (χ0) is 13.0. The minimum absolute atomic E-state index is 0.161. The average Bonchev–Trinajstić information content (AvgIpc) is 2.82. The standard InChI is InChI=1S/C15H21N3/c1-15(2,3)14(12-7-5-4-6-8-12)18-11-13-16-9-10-17-13/h4-10,14,18H,11H2,1-3H3,(H,16,17). The van der Waals surface area contributed by atoms with Gasteiger partial charge < -0.3 is 10.3 Å². The van der Waals surface area contributed by atoms with E-state index in [2.05, 4.69) is 66.4 Å². The number of nitrogens with zero attached hydrogens (tertiary/aromatic N) is 1. The van der Waals surface area contributed by atoms with Crippen LogP contribution < -0.4 is 5.32 Å². The van der Waals surface area contributed by atoms with Crippen molar-refractivity contribution in [3.05, 3.63) is 54.1 Å². The van der Waals surface area contributed by atoms with Gasteiger partial charge in [0.05, 0.1) is 6.54 Å². The van der Waals surface area contributed by atoms with Gasteiger partial charge in [0.15, 0.2) is 0 Å². The smallest absolute Gasteiger partial charge is 0.120 e. The van der Waals surface area contributed by atoms with Crippen LogP contribution in [0.1, 0.15) is 38.2 Å². The van der Waals surface area contributed by atoms with Crippen molar-refractivity contribution in [1.82, 2.24) is 15.3 Å². The van der Waals surface area contributed by atoms with Crippen LogP contribution >= 0.6 is 0 Å². The van der Waals surface area contributed by atoms with Gasteiger partial charge in [0.25, 0.3) is 0 Å². The number of aromatic amines is 1. The first-order chi connectivity index (χ1) is 8.57. The minimum Gasteiger partial charge on any atom is -0.348 e.